The minimum Gasteiger partial charge on any atom is -0.484 e. The minimum absolute atomic E-state index is 0.172. The van der Waals surface area contributed by atoms with Crippen LogP contribution < -0.4 is 4.74 Å². The predicted octanol–water partition coefficient (Wildman–Crippen LogP) is 4.17. The number of hydrogen-bond donors (Lipinski definition) is 0. The first kappa shape index (κ1) is 16.6. The first-order chi connectivity index (χ1) is 10.5. The molecule has 22 heavy (non-hydrogen) atoms. The van der Waals surface area contributed by atoms with Crippen molar-refractivity contribution in [2.45, 2.75) is 6.54 Å². The van der Waals surface area contributed by atoms with Crippen molar-refractivity contribution in [3.05, 3.63) is 63.9 Å². The van der Waals surface area contributed by atoms with E-state index in [4.69, 9.17) is 27.9 Å². The molecule has 2 aromatic carbocycles. The molecule has 0 fully saturated rings. The summed E-state index contributed by atoms with van der Waals surface area (Å²) in [7, 11) is 1.59. The van der Waals surface area contributed by atoms with Gasteiger partial charge in [0.15, 0.2) is 6.61 Å². The molecule has 0 aromatic heterocycles. The number of ether oxygens (including phenoxy) is 1. The fourth-order valence-electron chi connectivity index (χ4n) is 1.84. The average molecular weight is 342 g/mol. The molecule has 0 radical (unpaired) electrons. The van der Waals surface area contributed by atoms with Crippen LogP contribution in [0.1, 0.15) is 5.56 Å². The van der Waals surface area contributed by atoms with Crippen molar-refractivity contribution in [1.29, 1.82) is 0 Å². The Kier molecular flexibility index (Phi) is 5.63. The summed E-state index contributed by atoms with van der Waals surface area (Å²) >= 11 is 11.7. The lowest BCUT2D eigenvalue weighted by Crippen LogP contribution is -2.31. The van der Waals surface area contributed by atoms with Gasteiger partial charge in [-0.25, -0.2) is 4.39 Å². The molecule has 0 unspecified atom stereocenters. The van der Waals surface area contributed by atoms with Crippen LogP contribution in [0.2, 0.25) is 10.0 Å². The highest BCUT2D eigenvalue weighted by atomic mass is 35.5. The summed E-state index contributed by atoms with van der Waals surface area (Å²) in [6.07, 6.45) is 0. The Bertz CT molecular complexity index is 659. The molecule has 0 heterocycles. The van der Waals surface area contributed by atoms with Gasteiger partial charge in [0, 0.05) is 29.2 Å². The number of hydrogen-bond acceptors (Lipinski definition) is 2. The number of rotatable bonds is 5. The highest BCUT2D eigenvalue weighted by molar-refractivity contribution is 6.34. The lowest BCUT2D eigenvalue weighted by molar-refractivity contribution is -0.132. The minimum atomic E-state index is -0.343. The van der Waals surface area contributed by atoms with Gasteiger partial charge in [0.05, 0.1) is 0 Å². The highest BCUT2D eigenvalue weighted by Gasteiger charge is 2.12. The molecule has 116 valence electrons. The fraction of sp³-hybridized carbons (Fsp3) is 0.188. The number of carbonyl (C=O) groups excluding carboxylic acids is 1. The number of carbonyl (C=O) groups is 1. The van der Waals surface area contributed by atoms with E-state index in [0.29, 0.717) is 21.4 Å². The van der Waals surface area contributed by atoms with E-state index in [-0.39, 0.29) is 24.9 Å². The first-order valence-electron chi connectivity index (χ1n) is 6.52. The van der Waals surface area contributed by atoms with E-state index >= 15 is 0 Å². The van der Waals surface area contributed by atoms with Crippen LogP contribution in [0.5, 0.6) is 5.75 Å². The van der Waals surface area contributed by atoms with Crippen molar-refractivity contribution in [3.63, 3.8) is 0 Å². The molecule has 0 N–H and O–H groups in total. The van der Waals surface area contributed by atoms with Crippen molar-refractivity contribution in [3.8, 4) is 5.75 Å². The van der Waals surface area contributed by atoms with Crippen molar-refractivity contribution in [2.75, 3.05) is 13.7 Å². The van der Waals surface area contributed by atoms with E-state index in [1.165, 1.54) is 11.0 Å². The van der Waals surface area contributed by atoms with Crippen LogP contribution in [0.4, 0.5) is 4.39 Å². The van der Waals surface area contributed by atoms with Crippen molar-refractivity contribution in [1.82, 2.24) is 4.90 Å². The summed E-state index contributed by atoms with van der Waals surface area (Å²) in [5.74, 6) is -0.214. The van der Waals surface area contributed by atoms with Gasteiger partial charge >= 0.3 is 0 Å². The van der Waals surface area contributed by atoms with Gasteiger partial charge in [0.2, 0.25) is 0 Å². The molecule has 0 bridgehead atoms. The van der Waals surface area contributed by atoms with E-state index < -0.39 is 0 Å². The zero-order valence-electron chi connectivity index (χ0n) is 11.9. The second-order valence-electron chi connectivity index (χ2n) is 4.74. The summed E-state index contributed by atoms with van der Waals surface area (Å²) < 4.78 is 18.9. The topological polar surface area (TPSA) is 29.5 Å². The van der Waals surface area contributed by atoms with E-state index in [1.54, 1.807) is 43.4 Å². The van der Waals surface area contributed by atoms with Crippen LogP contribution in [0.25, 0.3) is 0 Å². The van der Waals surface area contributed by atoms with Crippen molar-refractivity contribution < 1.29 is 13.9 Å². The summed E-state index contributed by atoms with van der Waals surface area (Å²) in [6, 6.07) is 11.0. The van der Waals surface area contributed by atoms with Gasteiger partial charge in [-0.1, -0.05) is 41.4 Å². The van der Waals surface area contributed by atoms with E-state index in [9.17, 15) is 9.18 Å². The first-order valence-corrected chi connectivity index (χ1v) is 7.27. The molecule has 6 heteroatoms. The molecule has 3 nitrogen and oxygen atoms in total. The maximum atomic E-state index is 13.6. The molecule has 0 aliphatic carbocycles. The monoisotopic (exact) mass is 341 g/mol. The van der Waals surface area contributed by atoms with E-state index in [0.717, 1.165) is 0 Å². The number of halogens is 3. The smallest absolute Gasteiger partial charge is 0.260 e. The molecule has 0 atom stereocenters. The molecule has 0 spiro atoms. The molecule has 0 aliphatic rings. The van der Waals surface area contributed by atoms with Gasteiger partial charge in [-0.2, -0.15) is 0 Å². The average Bonchev–Trinajstić information content (AvgIpc) is 2.46. The quantitative estimate of drug-likeness (QED) is 0.816. The Balaban J connectivity index is 1.93. The third-order valence-electron chi connectivity index (χ3n) is 2.99. The molecule has 2 aromatic rings. The zero-order valence-corrected chi connectivity index (χ0v) is 13.4. The number of benzene rings is 2. The van der Waals surface area contributed by atoms with Crippen LogP contribution in [0.3, 0.4) is 0 Å². The lowest BCUT2D eigenvalue weighted by Gasteiger charge is -2.18. The van der Waals surface area contributed by atoms with Crippen molar-refractivity contribution in [2.24, 2.45) is 0 Å². The second-order valence-corrected chi connectivity index (χ2v) is 5.61. The van der Waals surface area contributed by atoms with Crippen LogP contribution in [-0.2, 0) is 11.3 Å². The maximum absolute atomic E-state index is 13.6. The summed E-state index contributed by atoms with van der Waals surface area (Å²) in [5, 5.41) is 0.851. The number of amides is 1. The van der Waals surface area contributed by atoms with E-state index in [2.05, 4.69) is 0 Å². The van der Waals surface area contributed by atoms with E-state index in [1.807, 2.05) is 0 Å². The number of likely N-dealkylation sites (N-methyl/N-ethyl adjacent to an activating group) is 1. The molecular weight excluding hydrogens is 328 g/mol. The van der Waals surface area contributed by atoms with Gasteiger partial charge in [-0.05, 0) is 24.3 Å². The predicted molar refractivity (Wildman–Crippen MR) is 84.8 cm³/mol. The van der Waals surface area contributed by atoms with Gasteiger partial charge in [0.25, 0.3) is 5.91 Å². The molecule has 0 saturated heterocycles. The molecule has 1 amide bonds. The third kappa shape index (κ3) is 4.61. The van der Waals surface area contributed by atoms with Gasteiger partial charge in [0.1, 0.15) is 11.6 Å². The summed E-state index contributed by atoms with van der Waals surface area (Å²) in [4.78, 5) is 13.4. The van der Waals surface area contributed by atoms with Crippen molar-refractivity contribution >= 4 is 29.1 Å². The SMILES string of the molecule is CN(Cc1ccccc1F)C(=O)COc1cc(Cl)cc(Cl)c1. The zero-order chi connectivity index (χ0) is 16.1. The summed E-state index contributed by atoms with van der Waals surface area (Å²) in [5.41, 5.74) is 0.448. The normalized spacial score (nSPS) is 10.4. The third-order valence-corrected chi connectivity index (χ3v) is 3.43. The molecule has 0 saturated carbocycles. The Labute approximate surface area is 138 Å². The Morgan fingerprint density at radius 1 is 1.18 bits per heavy atom. The van der Waals surface area contributed by atoms with Gasteiger partial charge in [-0.15, -0.1) is 0 Å². The van der Waals surface area contributed by atoms with Crippen LogP contribution >= 0.6 is 23.2 Å². The Morgan fingerprint density at radius 2 is 1.82 bits per heavy atom. The largest absolute Gasteiger partial charge is 0.484 e. The van der Waals surface area contributed by atoms with Crippen LogP contribution in [0, 0.1) is 5.82 Å². The lowest BCUT2D eigenvalue weighted by atomic mass is 10.2. The van der Waals surface area contributed by atoms with Crippen LogP contribution in [-0.4, -0.2) is 24.5 Å². The van der Waals surface area contributed by atoms with Crippen LogP contribution in [0.15, 0.2) is 42.5 Å². The standard InChI is InChI=1S/C16H14Cl2FNO2/c1-20(9-11-4-2-3-5-15(11)19)16(21)10-22-14-7-12(17)6-13(18)8-14/h2-8H,9-10H2,1H3. The Hall–Kier alpha value is -1.78. The van der Waals surface area contributed by atoms with Gasteiger partial charge in [-0.3, -0.25) is 4.79 Å². The molecular formula is C16H14Cl2FNO2. The highest BCUT2D eigenvalue weighted by Crippen LogP contribution is 2.24. The van der Waals surface area contributed by atoms with Gasteiger partial charge < -0.3 is 9.64 Å². The molecule has 0 aliphatic heterocycles. The Morgan fingerprint density at radius 3 is 2.45 bits per heavy atom. The fourth-order valence-corrected chi connectivity index (χ4v) is 2.34. The number of nitrogens with zero attached hydrogens (tertiary/aromatic N) is 1. The second kappa shape index (κ2) is 7.47. The summed E-state index contributed by atoms with van der Waals surface area (Å²) in [6.45, 7) is -0.00715. The maximum Gasteiger partial charge on any atom is 0.260 e. The molecule has 2 rings (SSSR count).